The van der Waals surface area contributed by atoms with E-state index < -0.39 is 17.4 Å². The highest BCUT2D eigenvalue weighted by atomic mass is 35.5. The Balaban J connectivity index is 2.17. The summed E-state index contributed by atoms with van der Waals surface area (Å²) in [4.78, 5) is 37.0. The van der Waals surface area contributed by atoms with E-state index >= 15 is 0 Å². The summed E-state index contributed by atoms with van der Waals surface area (Å²) >= 11 is 13.3. The third-order valence-electron chi connectivity index (χ3n) is 3.65. The number of carbonyl (C=O) groups excluding carboxylic acids is 3. The van der Waals surface area contributed by atoms with Gasteiger partial charge in [-0.15, -0.1) is 16.5 Å². The van der Waals surface area contributed by atoms with E-state index in [2.05, 4.69) is 15.5 Å². The molecule has 7 nitrogen and oxygen atoms in total. The summed E-state index contributed by atoms with van der Waals surface area (Å²) in [7, 11) is 0. The molecular formula is C19H19Cl2N3O4S. The van der Waals surface area contributed by atoms with Gasteiger partial charge in [0, 0.05) is 10.4 Å². The van der Waals surface area contributed by atoms with Crippen LogP contribution in [-0.2, 0) is 20.7 Å². The zero-order valence-electron chi connectivity index (χ0n) is 15.8. The van der Waals surface area contributed by atoms with Crippen LogP contribution in [0, 0.1) is 0 Å². The molecule has 1 N–H and O–H groups in total. The molecule has 1 aromatic carbocycles. The number of benzene rings is 1. The zero-order valence-corrected chi connectivity index (χ0v) is 18.1. The Bertz CT molecular complexity index is 930. The minimum absolute atomic E-state index is 0.207. The molecule has 2 aromatic rings. The Hall–Kier alpha value is -2.29. The van der Waals surface area contributed by atoms with Crippen molar-refractivity contribution >= 4 is 57.2 Å². The van der Waals surface area contributed by atoms with E-state index in [1.165, 1.54) is 11.3 Å². The first kappa shape index (κ1) is 23.0. The van der Waals surface area contributed by atoms with Gasteiger partial charge in [-0.25, -0.2) is 0 Å². The van der Waals surface area contributed by atoms with Crippen LogP contribution in [0.3, 0.4) is 0 Å². The first-order chi connectivity index (χ1) is 13.9. The maximum absolute atomic E-state index is 12.9. The Morgan fingerprint density at radius 3 is 2.59 bits per heavy atom. The quantitative estimate of drug-likeness (QED) is 0.197. The lowest BCUT2D eigenvalue weighted by Crippen LogP contribution is -2.35. The molecule has 1 amide bonds. The van der Waals surface area contributed by atoms with Crippen molar-refractivity contribution in [2.75, 3.05) is 13.2 Å². The summed E-state index contributed by atoms with van der Waals surface area (Å²) < 4.78 is 4.71. The van der Waals surface area contributed by atoms with Crippen LogP contribution in [0.2, 0.25) is 5.02 Å². The number of amides is 1. The van der Waals surface area contributed by atoms with E-state index in [-0.39, 0.29) is 18.9 Å². The van der Waals surface area contributed by atoms with Crippen LogP contribution in [0.5, 0.6) is 0 Å². The number of alkyl halides is 1. The lowest BCUT2D eigenvalue weighted by atomic mass is 10.0. The molecule has 0 bridgehead atoms. The van der Waals surface area contributed by atoms with Gasteiger partial charge in [0.15, 0.2) is 5.78 Å². The molecule has 0 aliphatic carbocycles. The number of halogens is 2. The topological polar surface area (TPSA) is 97.2 Å². The average molecular weight is 456 g/mol. The van der Waals surface area contributed by atoms with E-state index in [1.807, 2.05) is 6.92 Å². The Labute approximate surface area is 182 Å². The molecule has 1 heterocycles. The monoisotopic (exact) mass is 455 g/mol. The van der Waals surface area contributed by atoms with Gasteiger partial charge in [0.25, 0.3) is 5.91 Å². The second kappa shape index (κ2) is 11.0. The Morgan fingerprint density at radius 2 is 1.93 bits per heavy atom. The van der Waals surface area contributed by atoms with E-state index in [9.17, 15) is 14.4 Å². The van der Waals surface area contributed by atoms with Gasteiger partial charge in [0.1, 0.15) is 11.5 Å². The Kier molecular flexibility index (Phi) is 8.75. The molecule has 0 saturated carbocycles. The first-order valence-corrected chi connectivity index (χ1v) is 10.4. The number of hydrogen-bond donors (Lipinski definition) is 1. The molecule has 2 rings (SSSR count). The van der Waals surface area contributed by atoms with Crippen molar-refractivity contribution < 1.29 is 19.1 Å². The van der Waals surface area contributed by atoms with Gasteiger partial charge < -0.3 is 10.1 Å². The molecule has 0 saturated heterocycles. The molecule has 154 valence electrons. The molecule has 29 heavy (non-hydrogen) atoms. The lowest BCUT2D eigenvalue weighted by Gasteiger charge is -2.06. The predicted octanol–water partition coefficient (Wildman–Crippen LogP) is 4.52. The standard InChI is InChI=1S/C19H19Cl2N3O4S/c1-3-11-9-13(16(26)12-7-5-6-8-14(12)20)19(29-11)24-23-17(21)18(27)22-10-15(25)28-4-2/h5-9,17H,3-4,10H2,1-2H3,(H,22,27). The number of nitrogens with one attached hydrogen (secondary N) is 1. The molecule has 1 atom stereocenters. The van der Waals surface area contributed by atoms with Gasteiger partial charge >= 0.3 is 5.97 Å². The van der Waals surface area contributed by atoms with Crippen LogP contribution in [0.4, 0.5) is 5.00 Å². The van der Waals surface area contributed by atoms with E-state index in [4.69, 9.17) is 27.9 Å². The van der Waals surface area contributed by atoms with Crippen LogP contribution in [0.25, 0.3) is 0 Å². The maximum atomic E-state index is 12.9. The largest absolute Gasteiger partial charge is 0.465 e. The minimum Gasteiger partial charge on any atom is -0.465 e. The molecule has 10 heteroatoms. The fourth-order valence-electron chi connectivity index (χ4n) is 2.24. The molecule has 0 fully saturated rings. The molecule has 0 radical (unpaired) electrons. The van der Waals surface area contributed by atoms with Crippen molar-refractivity contribution in [2.24, 2.45) is 10.2 Å². The summed E-state index contributed by atoms with van der Waals surface area (Å²) in [6.07, 6.45) is 0.702. The normalized spacial score (nSPS) is 12.0. The third-order valence-corrected chi connectivity index (χ3v) is 5.43. The van der Waals surface area contributed by atoms with Gasteiger partial charge in [-0.3, -0.25) is 14.4 Å². The molecular weight excluding hydrogens is 437 g/mol. The lowest BCUT2D eigenvalue weighted by molar-refractivity contribution is -0.143. The van der Waals surface area contributed by atoms with E-state index in [0.29, 0.717) is 27.6 Å². The predicted molar refractivity (Wildman–Crippen MR) is 112 cm³/mol. The number of carbonyl (C=O) groups is 3. The van der Waals surface area contributed by atoms with Crippen molar-refractivity contribution in [3.8, 4) is 0 Å². The summed E-state index contributed by atoms with van der Waals surface area (Å²) in [5.74, 6) is -1.58. The van der Waals surface area contributed by atoms with Crippen molar-refractivity contribution in [1.82, 2.24) is 5.32 Å². The first-order valence-electron chi connectivity index (χ1n) is 8.77. The summed E-state index contributed by atoms with van der Waals surface area (Å²) in [6.45, 7) is 3.49. The molecule has 0 aliphatic rings. The van der Waals surface area contributed by atoms with Crippen molar-refractivity contribution in [1.29, 1.82) is 0 Å². The smallest absolute Gasteiger partial charge is 0.325 e. The summed E-state index contributed by atoms with van der Waals surface area (Å²) in [5.41, 5.74) is -0.681. The number of azo groups is 1. The van der Waals surface area contributed by atoms with Crippen LogP contribution >= 0.6 is 34.5 Å². The summed E-state index contributed by atoms with van der Waals surface area (Å²) in [5, 5.41) is 10.8. The van der Waals surface area contributed by atoms with Gasteiger partial charge in [0.05, 0.1) is 17.2 Å². The number of ether oxygens (including phenoxy) is 1. The molecule has 0 aliphatic heterocycles. The Morgan fingerprint density at radius 1 is 1.21 bits per heavy atom. The fourth-order valence-corrected chi connectivity index (χ4v) is 3.51. The highest BCUT2D eigenvalue weighted by molar-refractivity contribution is 7.16. The molecule has 1 aromatic heterocycles. The van der Waals surface area contributed by atoms with Gasteiger partial charge in [-0.1, -0.05) is 42.3 Å². The van der Waals surface area contributed by atoms with Crippen LogP contribution in [0.15, 0.2) is 40.6 Å². The number of ketones is 1. The van der Waals surface area contributed by atoms with Crippen LogP contribution in [0.1, 0.15) is 34.6 Å². The van der Waals surface area contributed by atoms with Crippen molar-refractivity contribution in [3.05, 3.63) is 51.4 Å². The second-order valence-corrected chi connectivity index (χ2v) is 7.60. The van der Waals surface area contributed by atoms with E-state index in [1.54, 1.807) is 37.3 Å². The second-order valence-electron chi connectivity index (χ2n) is 5.67. The van der Waals surface area contributed by atoms with Crippen LogP contribution < -0.4 is 5.32 Å². The van der Waals surface area contributed by atoms with Gasteiger partial charge in [0.2, 0.25) is 5.50 Å². The van der Waals surface area contributed by atoms with Crippen LogP contribution in [-0.4, -0.2) is 36.3 Å². The summed E-state index contributed by atoms with van der Waals surface area (Å²) in [6, 6.07) is 8.44. The van der Waals surface area contributed by atoms with Crippen molar-refractivity contribution in [3.63, 3.8) is 0 Å². The van der Waals surface area contributed by atoms with Gasteiger partial charge in [-0.05, 0) is 31.5 Å². The van der Waals surface area contributed by atoms with Crippen molar-refractivity contribution in [2.45, 2.75) is 25.8 Å². The molecule has 1 unspecified atom stereocenters. The number of aryl methyl sites for hydroxylation is 1. The number of thiophene rings is 1. The number of hydrogen-bond acceptors (Lipinski definition) is 7. The highest BCUT2D eigenvalue weighted by Crippen LogP contribution is 2.34. The minimum atomic E-state index is -1.36. The third kappa shape index (κ3) is 6.35. The maximum Gasteiger partial charge on any atom is 0.325 e. The molecule has 0 spiro atoms. The average Bonchev–Trinajstić information content (AvgIpc) is 3.13. The van der Waals surface area contributed by atoms with Gasteiger partial charge in [-0.2, -0.15) is 5.11 Å². The SMILES string of the molecule is CCOC(=O)CNC(=O)C(Cl)N=Nc1sc(CC)cc1C(=O)c1ccccc1Cl. The fraction of sp³-hybridized carbons (Fsp3) is 0.316. The highest BCUT2D eigenvalue weighted by Gasteiger charge is 2.21. The number of esters is 1. The van der Waals surface area contributed by atoms with E-state index in [0.717, 1.165) is 4.88 Å². The number of nitrogens with zero attached hydrogens (tertiary/aromatic N) is 2. The zero-order chi connectivity index (χ0) is 21.4. The number of rotatable bonds is 9.